The molecule has 6 rings (SSSR count). The van der Waals surface area contributed by atoms with Gasteiger partial charge in [-0.2, -0.15) is 0 Å². The van der Waals surface area contributed by atoms with Crippen LogP contribution in [0.15, 0.2) is 72.8 Å². The van der Waals surface area contributed by atoms with Crippen molar-refractivity contribution in [2.75, 3.05) is 12.0 Å². The third-order valence-corrected chi connectivity index (χ3v) is 7.19. The molecule has 3 aliphatic heterocycles. The second-order valence-corrected chi connectivity index (χ2v) is 8.85. The first-order valence-corrected chi connectivity index (χ1v) is 11.0. The zero-order valence-corrected chi connectivity index (χ0v) is 18.2. The van der Waals surface area contributed by atoms with E-state index in [2.05, 4.69) is 0 Å². The van der Waals surface area contributed by atoms with Gasteiger partial charge in [-0.3, -0.25) is 14.4 Å². The number of anilines is 1. The molecule has 2 amide bonds. The average Bonchev–Trinajstić information content (AvgIpc) is 3.27. The third kappa shape index (κ3) is 2.64. The van der Waals surface area contributed by atoms with E-state index in [9.17, 15) is 14.4 Å². The van der Waals surface area contributed by atoms with Gasteiger partial charge in [-0.25, -0.2) is 0 Å². The Kier molecular flexibility index (Phi) is 4.21. The number of ketones is 1. The lowest BCUT2D eigenvalue weighted by Crippen LogP contribution is -2.55. The summed E-state index contributed by atoms with van der Waals surface area (Å²) in [5.41, 5.74) is 2.60. The Labute approximate surface area is 191 Å². The normalized spacial score (nSPS) is 23.1. The van der Waals surface area contributed by atoms with Crippen molar-refractivity contribution in [2.24, 2.45) is 0 Å². The topological polar surface area (TPSA) is 66.9 Å². The van der Waals surface area contributed by atoms with Gasteiger partial charge in [0.15, 0.2) is 5.78 Å². The van der Waals surface area contributed by atoms with Crippen molar-refractivity contribution in [2.45, 2.75) is 31.0 Å². The van der Waals surface area contributed by atoms with E-state index in [1.165, 1.54) is 0 Å². The first kappa shape index (κ1) is 19.7. The highest BCUT2D eigenvalue weighted by molar-refractivity contribution is 6.19. The van der Waals surface area contributed by atoms with Crippen molar-refractivity contribution in [3.8, 4) is 5.75 Å². The maximum absolute atomic E-state index is 14.1. The lowest BCUT2D eigenvalue weighted by atomic mass is 9.71. The van der Waals surface area contributed by atoms with Crippen LogP contribution < -0.4 is 9.64 Å². The number of hydrogen-bond acceptors (Lipinski definition) is 4. The molecule has 6 nitrogen and oxygen atoms in total. The van der Waals surface area contributed by atoms with Crippen LogP contribution in [0.4, 0.5) is 5.69 Å². The van der Waals surface area contributed by atoms with E-state index in [-0.39, 0.29) is 24.0 Å². The van der Waals surface area contributed by atoms with Gasteiger partial charge in [-0.15, -0.1) is 0 Å². The zero-order chi connectivity index (χ0) is 22.7. The average molecular weight is 438 g/mol. The van der Waals surface area contributed by atoms with Crippen molar-refractivity contribution in [1.29, 1.82) is 0 Å². The number of carbonyl (C=O) groups excluding carboxylic acids is 3. The molecule has 164 valence electrons. The lowest BCUT2D eigenvalue weighted by Gasteiger charge is -2.37. The summed E-state index contributed by atoms with van der Waals surface area (Å²) in [6, 6.07) is 21.8. The Balaban J connectivity index is 1.50. The van der Waals surface area contributed by atoms with Crippen LogP contribution in [0.25, 0.3) is 0 Å². The van der Waals surface area contributed by atoms with Gasteiger partial charge in [-0.1, -0.05) is 54.6 Å². The number of carbonyl (C=O) groups is 3. The number of methoxy groups -OCH3 is 1. The van der Waals surface area contributed by atoms with E-state index < -0.39 is 11.5 Å². The Morgan fingerprint density at radius 3 is 2.52 bits per heavy atom. The molecule has 1 saturated heterocycles. The van der Waals surface area contributed by atoms with E-state index >= 15 is 0 Å². The molecule has 0 unspecified atom stereocenters. The number of benzene rings is 3. The molecule has 3 aromatic carbocycles. The molecule has 3 aliphatic rings. The molecule has 0 radical (unpaired) electrons. The molecule has 0 aromatic heterocycles. The van der Waals surface area contributed by atoms with E-state index in [1.807, 2.05) is 60.7 Å². The molecule has 2 atom stereocenters. The first-order chi connectivity index (χ1) is 16.0. The molecule has 0 aliphatic carbocycles. The van der Waals surface area contributed by atoms with Gasteiger partial charge in [-0.05, 0) is 34.9 Å². The van der Waals surface area contributed by atoms with Crippen molar-refractivity contribution >= 4 is 23.3 Å². The van der Waals surface area contributed by atoms with Gasteiger partial charge < -0.3 is 14.5 Å². The molecule has 0 N–H and O–H groups in total. The van der Waals surface area contributed by atoms with Gasteiger partial charge in [0.25, 0.3) is 0 Å². The number of hydrogen-bond donors (Lipinski definition) is 0. The zero-order valence-electron chi connectivity index (χ0n) is 18.2. The van der Waals surface area contributed by atoms with E-state index in [4.69, 9.17) is 4.74 Å². The van der Waals surface area contributed by atoms with Gasteiger partial charge in [0.05, 0.1) is 13.7 Å². The lowest BCUT2D eigenvalue weighted by molar-refractivity contribution is -0.129. The SMILES string of the molecule is COc1ccc2c(c1)C(=O)[C@@H]1N(C2)C(=O)C[C@]12C(=O)N(Cc1ccccc1)c1ccccc12. The van der Waals surface area contributed by atoms with Crippen LogP contribution in [0.2, 0.25) is 0 Å². The van der Waals surface area contributed by atoms with Gasteiger partial charge in [0.2, 0.25) is 11.8 Å². The van der Waals surface area contributed by atoms with Gasteiger partial charge in [0.1, 0.15) is 17.2 Å². The minimum Gasteiger partial charge on any atom is -0.497 e. The fourth-order valence-electron chi connectivity index (χ4n) is 5.68. The highest BCUT2D eigenvalue weighted by atomic mass is 16.5. The Morgan fingerprint density at radius 1 is 0.970 bits per heavy atom. The number of nitrogens with zero attached hydrogens (tertiary/aromatic N) is 2. The number of Topliss-reactive ketones (excluding diaryl/α,β-unsaturated/α-hetero) is 1. The number of ether oxygens (including phenoxy) is 1. The van der Waals surface area contributed by atoms with E-state index in [0.717, 1.165) is 22.4 Å². The second kappa shape index (κ2) is 7.04. The maximum Gasteiger partial charge on any atom is 0.241 e. The molecule has 1 spiro atoms. The molecule has 0 saturated carbocycles. The van der Waals surface area contributed by atoms with Gasteiger partial charge >= 0.3 is 0 Å². The summed E-state index contributed by atoms with van der Waals surface area (Å²) in [7, 11) is 1.56. The van der Waals surface area contributed by atoms with Crippen LogP contribution in [-0.4, -0.2) is 35.6 Å². The summed E-state index contributed by atoms with van der Waals surface area (Å²) in [5, 5.41) is 0. The molecule has 3 aromatic rings. The highest BCUT2D eigenvalue weighted by Crippen LogP contribution is 2.53. The van der Waals surface area contributed by atoms with Crippen LogP contribution >= 0.6 is 0 Å². The summed E-state index contributed by atoms with van der Waals surface area (Å²) in [4.78, 5) is 44.6. The van der Waals surface area contributed by atoms with Crippen molar-refractivity contribution < 1.29 is 19.1 Å². The molecular formula is C27H22N2O4. The maximum atomic E-state index is 14.1. The van der Waals surface area contributed by atoms with Crippen molar-refractivity contribution in [3.63, 3.8) is 0 Å². The third-order valence-electron chi connectivity index (χ3n) is 7.19. The monoisotopic (exact) mass is 438 g/mol. The van der Waals surface area contributed by atoms with Crippen LogP contribution in [-0.2, 0) is 28.1 Å². The highest BCUT2D eigenvalue weighted by Gasteiger charge is 2.66. The number of para-hydroxylation sites is 1. The number of fused-ring (bicyclic) bond motifs is 5. The number of amides is 2. The quantitative estimate of drug-likeness (QED) is 0.628. The van der Waals surface area contributed by atoms with E-state index in [0.29, 0.717) is 24.4 Å². The molecule has 0 bridgehead atoms. The van der Waals surface area contributed by atoms with Crippen molar-refractivity contribution in [1.82, 2.24) is 4.90 Å². The summed E-state index contributed by atoms with van der Waals surface area (Å²) in [5.74, 6) is 0.0242. The molecule has 6 heteroatoms. The van der Waals surface area contributed by atoms with Crippen LogP contribution in [0, 0.1) is 0 Å². The first-order valence-electron chi connectivity index (χ1n) is 11.0. The number of rotatable bonds is 3. The smallest absolute Gasteiger partial charge is 0.241 e. The Hall–Kier alpha value is -3.93. The van der Waals surface area contributed by atoms with Crippen molar-refractivity contribution in [3.05, 3.63) is 95.1 Å². The standard InChI is InChI=1S/C27H22N2O4/c1-33-19-12-11-18-16-29-23(30)14-27(25(29)24(31)20(18)13-19)21-9-5-6-10-22(21)28(26(27)32)15-17-7-3-2-4-8-17/h2-13,25H,14-16H2,1H3/t25-,27+/m0/s1. The fourth-order valence-corrected chi connectivity index (χ4v) is 5.68. The molecular weight excluding hydrogens is 416 g/mol. The van der Waals surface area contributed by atoms with Gasteiger partial charge in [0, 0.05) is 24.2 Å². The summed E-state index contributed by atoms with van der Waals surface area (Å²) < 4.78 is 5.33. The largest absolute Gasteiger partial charge is 0.497 e. The summed E-state index contributed by atoms with van der Waals surface area (Å²) >= 11 is 0. The second-order valence-electron chi connectivity index (χ2n) is 8.85. The van der Waals surface area contributed by atoms with E-state index in [1.54, 1.807) is 29.0 Å². The van der Waals surface area contributed by atoms with Crippen LogP contribution in [0.1, 0.15) is 33.5 Å². The molecule has 3 heterocycles. The molecule has 33 heavy (non-hydrogen) atoms. The van der Waals surface area contributed by atoms with Crippen LogP contribution in [0.3, 0.4) is 0 Å². The minimum absolute atomic E-state index is 0.00430. The molecule has 1 fully saturated rings. The predicted molar refractivity (Wildman–Crippen MR) is 122 cm³/mol. The minimum atomic E-state index is -1.22. The summed E-state index contributed by atoms with van der Waals surface area (Å²) in [6.45, 7) is 0.697. The van der Waals surface area contributed by atoms with Crippen LogP contribution in [0.5, 0.6) is 5.75 Å². The Bertz CT molecular complexity index is 1320. The predicted octanol–water partition coefficient (Wildman–Crippen LogP) is 3.48. The summed E-state index contributed by atoms with van der Waals surface area (Å²) in [6.07, 6.45) is -0.00430. The fraction of sp³-hybridized carbons (Fsp3) is 0.222. The Morgan fingerprint density at radius 2 is 1.73 bits per heavy atom.